The van der Waals surface area contributed by atoms with Crippen LogP contribution in [0.1, 0.15) is 21.7 Å². The number of rotatable bonds is 2. The molecule has 2 heterocycles. The number of ketones is 1. The molecule has 0 saturated heterocycles. The Morgan fingerprint density at radius 2 is 1.88 bits per heavy atom. The number of carbonyl (C=O) groups is 1. The van der Waals surface area contributed by atoms with Gasteiger partial charge in [0.2, 0.25) is 0 Å². The van der Waals surface area contributed by atoms with Crippen LogP contribution in [0.3, 0.4) is 0 Å². The average Bonchev–Trinajstić information content (AvgIpc) is 2.76. The summed E-state index contributed by atoms with van der Waals surface area (Å²) >= 11 is 4.93. The molecule has 0 atom stereocenters. The lowest BCUT2D eigenvalue weighted by Gasteiger charge is -2.07. The second-order valence-electron chi connectivity index (χ2n) is 5.95. The van der Waals surface area contributed by atoms with E-state index in [2.05, 4.69) is 15.9 Å². The number of imidazole rings is 1. The smallest absolute Gasteiger partial charge is 0.291 e. The Morgan fingerprint density at radius 3 is 2.64 bits per heavy atom. The molecule has 3 aromatic rings. The van der Waals surface area contributed by atoms with E-state index >= 15 is 0 Å². The van der Waals surface area contributed by atoms with Crippen LogP contribution in [-0.4, -0.2) is 20.7 Å². The molecule has 126 valence electrons. The predicted octanol–water partition coefficient (Wildman–Crippen LogP) is 4.05. The zero-order chi connectivity index (χ0) is 17.6. The van der Waals surface area contributed by atoms with Gasteiger partial charge < -0.3 is 0 Å². The number of benzene rings is 2. The Bertz CT molecular complexity index is 1040. The summed E-state index contributed by atoms with van der Waals surface area (Å²) in [5.74, 6) is 0.317. The largest absolute Gasteiger partial charge is 0.333 e. The van der Waals surface area contributed by atoms with E-state index in [4.69, 9.17) is 0 Å². The molecule has 0 bridgehead atoms. The maximum absolute atomic E-state index is 13.1. The van der Waals surface area contributed by atoms with Gasteiger partial charge in [-0.2, -0.15) is 0 Å². The molecule has 0 saturated carbocycles. The molecule has 0 spiro atoms. The van der Waals surface area contributed by atoms with Crippen molar-refractivity contribution in [2.75, 3.05) is 5.75 Å². The summed E-state index contributed by atoms with van der Waals surface area (Å²) in [6.45, 7) is 2.31. The van der Waals surface area contributed by atoms with E-state index in [-0.39, 0.29) is 11.5 Å². The number of thioether (sulfide) groups is 1. The maximum Gasteiger partial charge on any atom is 0.333 e. The highest BCUT2D eigenvalue weighted by atomic mass is 79.9. The molecule has 0 N–H and O–H groups in total. The fraction of sp³-hybridized carbons (Fsp3) is 0.158. The Kier molecular flexibility index (Phi) is 4.17. The minimum atomic E-state index is -0.171. The van der Waals surface area contributed by atoms with E-state index in [1.165, 1.54) is 11.8 Å². The van der Waals surface area contributed by atoms with E-state index in [0.29, 0.717) is 18.0 Å². The number of halogens is 1. The number of hydrogen-bond donors (Lipinski definition) is 0. The summed E-state index contributed by atoms with van der Waals surface area (Å²) in [6, 6.07) is 15.6. The van der Waals surface area contributed by atoms with Crippen LogP contribution in [0.4, 0.5) is 0 Å². The van der Waals surface area contributed by atoms with Crippen molar-refractivity contribution in [3.05, 3.63) is 80.4 Å². The third kappa shape index (κ3) is 2.79. The molecule has 2 aromatic carbocycles. The quantitative estimate of drug-likeness (QED) is 0.635. The van der Waals surface area contributed by atoms with Crippen molar-refractivity contribution in [2.45, 2.75) is 18.4 Å². The first-order chi connectivity index (χ1) is 12.1. The van der Waals surface area contributed by atoms with Crippen molar-refractivity contribution >= 4 is 33.5 Å². The average molecular weight is 415 g/mol. The van der Waals surface area contributed by atoms with Crippen LogP contribution in [0, 0.1) is 6.92 Å². The van der Waals surface area contributed by atoms with Gasteiger partial charge in [-0.1, -0.05) is 46.3 Å². The lowest BCUT2D eigenvalue weighted by Crippen LogP contribution is -2.25. The Labute approximate surface area is 157 Å². The SMILES string of the molecule is Cc1c2n(c(=O)n1Cc1ccccc1)-c1ccc(Br)cc1SCC2=O. The lowest BCUT2D eigenvalue weighted by molar-refractivity contribution is 0.101. The Hall–Kier alpha value is -2.05. The Balaban J connectivity index is 1.94. The molecule has 0 fully saturated rings. The van der Waals surface area contributed by atoms with Gasteiger partial charge in [0.25, 0.3) is 0 Å². The van der Waals surface area contributed by atoms with Gasteiger partial charge in [0.05, 0.1) is 18.0 Å². The molecular formula is C19H15BrN2O2S. The van der Waals surface area contributed by atoms with Crippen LogP contribution in [-0.2, 0) is 6.54 Å². The molecule has 4 rings (SSSR count). The molecule has 1 aliphatic heterocycles. The van der Waals surface area contributed by atoms with Gasteiger partial charge in [-0.25, -0.2) is 4.79 Å². The summed E-state index contributed by atoms with van der Waals surface area (Å²) in [4.78, 5) is 26.8. The number of aromatic nitrogens is 2. The van der Waals surface area contributed by atoms with Gasteiger partial charge in [0.15, 0.2) is 5.78 Å². The topological polar surface area (TPSA) is 44.0 Å². The van der Waals surface area contributed by atoms with Crippen molar-refractivity contribution in [1.82, 2.24) is 9.13 Å². The minimum absolute atomic E-state index is 0.0151. The van der Waals surface area contributed by atoms with Gasteiger partial charge in [-0.3, -0.25) is 13.9 Å². The van der Waals surface area contributed by atoms with E-state index in [9.17, 15) is 9.59 Å². The molecule has 0 radical (unpaired) electrons. The van der Waals surface area contributed by atoms with Crippen LogP contribution in [0.25, 0.3) is 5.69 Å². The van der Waals surface area contributed by atoms with E-state index in [1.54, 1.807) is 9.13 Å². The molecule has 1 aliphatic rings. The second kappa shape index (κ2) is 6.35. The highest BCUT2D eigenvalue weighted by Gasteiger charge is 2.28. The number of Topliss-reactive ketones (excluding diaryl/α,β-unsaturated/α-hetero) is 1. The third-order valence-corrected chi connectivity index (χ3v) is 5.90. The number of hydrogen-bond acceptors (Lipinski definition) is 3. The molecule has 25 heavy (non-hydrogen) atoms. The van der Waals surface area contributed by atoms with Crippen LogP contribution in [0.2, 0.25) is 0 Å². The van der Waals surface area contributed by atoms with E-state index < -0.39 is 0 Å². The van der Waals surface area contributed by atoms with Crippen molar-refractivity contribution in [2.24, 2.45) is 0 Å². The minimum Gasteiger partial charge on any atom is -0.291 e. The second-order valence-corrected chi connectivity index (χ2v) is 7.88. The summed E-state index contributed by atoms with van der Waals surface area (Å²) in [5, 5.41) is 0. The van der Waals surface area contributed by atoms with Crippen molar-refractivity contribution in [1.29, 1.82) is 0 Å². The summed E-state index contributed by atoms with van der Waals surface area (Å²) in [5.41, 5.74) is 2.85. The van der Waals surface area contributed by atoms with Gasteiger partial charge >= 0.3 is 5.69 Å². The first kappa shape index (κ1) is 16.4. The molecular weight excluding hydrogens is 400 g/mol. The standard InChI is InChI=1S/C19H15BrN2O2S/c1-12-18-16(23)11-25-17-9-14(20)7-8-15(17)22(18)19(24)21(12)10-13-5-3-2-4-6-13/h2-9H,10-11H2,1H3. The fourth-order valence-electron chi connectivity index (χ4n) is 3.15. The molecule has 6 heteroatoms. The van der Waals surface area contributed by atoms with Gasteiger partial charge in [-0.15, -0.1) is 11.8 Å². The number of fused-ring (bicyclic) bond motifs is 3. The lowest BCUT2D eigenvalue weighted by atomic mass is 10.2. The van der Waals surface area contributed by atoms with Crippen LogP contribution >= 0.6 is 27.7 Å². The number of nitrogens with zero attached hydrogens (tertiary/aromatic N) is 2. The number of carbonyl (C=O) groups excluding carboxylic acids is 1. The zero-order valence-corrected chi connectivity index (χ0v) is 15.9. The van der Waals surface area contributed by atoms with Crippen molar-refractivity contribution in [3.63, 3.8) is 0 Å². The van der Waals surface area contributed by atoms with Gasteiger partial charge in [0, 0.05) is 15.1 Å². The van der Waals surface area contributed by atoms with Crippen molar-refractivity contribution in [3.8, 4) is 5.69 Å². The highest BCUT2D eigenvalue weighted by molar-refractivity contribution is 9.10. The monoisotopic (exact) mass is 414 g/mol. The van der Waals surface area contributed by atoms with Crippen LogP contribution in [0.5, 0.6) is 0 Å². The molecule has 4 nitrogen and oxygen atoms in total. The normalized spacial score (nSPS) is 13.3. The van der Waals surface area contributed by atoms with E-state index in [1.807, 2.05) is 55.5 Å². The predicted molar refractivity (Wildman–Crippen MR) is 103 cm³/mol. The van der Waals surface area contributed by atoms with Crippen molar-refractivity contribution < 1.29 is 4.79 Å². The summed E-state index contributed by atoms with van der Waals surface area (Å²) in [6.07, 6.45) is 0. The van der Waals surface area contributed by atoms with E-state index in [0.717, 1.165) is 26.3 Å². The zero-order valence-electron chi connectivity index (χ0n) is 13.5. The third-order valence-electron chi connectivity index (χ3n) is 4.36. The molecule has 0 unspecified atom stereocenters. The van der Waals surface area contributed by atoms with Gasteiger partial charge in [-0.05, 0) is 30.7 Å². The maximum atomic E-state index is 13.1. The summed E-state index contributed by atoms with van der Waals surface area (Å²) in [7, 11) is 0. The Morgan fingerprint density at radius 1 is 1.12 bits per heavy atom. The fourth-order valence-corrected chi connectivity index (χ4v) is 4.61. The first-order valence-electron chi connectivity index (χ1n) is 7.88. The van der Waals surface area contributed by atoms with Gasteiger partial charge in [0.1, 0.15) is 5.69 Å². The molecule has 1 aromatic heterocycles. The first-order valence-corrected chi connectivity index (χ1v) is 9.66. The van der Waals surface area contributed by atoms with Crippen LogP contribution in [0.15, 0.2) is 62.7 Å². The molecule has 0 aliphatic carbocycles. The van der Waals surface area contributed by atoms with Crippen LogP contribution < -0.4 is 5.69 Å². The highest BCUT2D eigenvalue weighted by Crippen LogP contribution is 2.33. The molecule has 0 amide bonds. The summed E-state index contributed by atoms with van der Waals surface area (Å²) < 4.78 is 4.19.